The molecule has 0 aliphatic heterocycles. The molecule has 88 valence electrons. The Balaban J connectivity index is 2.47. The highest BCUT2D eigenvalue weighted by Gasteiger charge is 2.07. The molecule has 3 nitrogen and oxygen atoms in total. The van der Waals surface area contributed by atoms with E-state index < -0.39 is 0 Å². The molecular weight excluding hydrogens is 207 g/mol. The van der Waals surface area contributed by atoms with Crippen molar-refractivity contribution >= 4 is 6.03 Å². The predicted octanol–water partition coefficient (Wildman–Crippen LogP) is 2.38. The van der Waals surface area contributed by atoms with E-state index in [-0.39, 0.29) is 11.8 Å². The molecular formula is C12H17FN2O. The van der Waals surface area contributed by atoms with Crippen molar-refractivity contribution < 1.29 is 9.18 Å². The number of hydrogen-bond donors (Lipinski definition) is 1. The SMILES string of the molecule is CCCNC(=O)N(C)Cc1ccc(F)cc1. The molecule has 0 atom stereocenters. The normalized spacial score (nSPS) is 9.94. The summed E-state index contributed by atoms with van der Waals surface area (Å²) in [5.74, 6) is -0.262. The molecule has 0 saturated heterocycles. The van der Waals surface area contributed by atoms with E-state index in [1.165, 1.54) is 12.1 Å². The van der Waals surface area contributed by atoms with Crippen LogP contribution in [0.25, 0.3) is 0 Å². The van der Waals surface area contributed by atoms with Crippen LogP contribution in [-0.4, -0.2) is 24.5 Å². The largest absolute Gasteiger partial charge is 0.338 e. The molecule has 0 radical (unpaired) electrons. The fourth-order valence-electron chi connectivity index (χ4n) is 1.30. The third-order valence-corrected chi connectivity index (χ3v) is 2.21. The maximum absolute atomic E-state index is 12.7. The van der Waals surface area contributed by atoms with Crippen molar-refractivity contribution in [2.75, 3.05) is 13.6 Å². The van der Waals surface area contributed by atoms with Gasteiger partial charge in [-0.1, -0.05) is 19.1 Å². The van der Waals surface area contributed by atoms with Crippen molar-refractivity contribution in [1.82, 2.24) is 10.2 Å². The van der Waals surface area contributed by atoms with Crippen molar-refractivity contribution in [3.8, 4) is 0 Å². The molecule has 1 rings (SSSR count). The third-order valence-electron chi connectivity index (χ3n) is 2.21. The highest BCUT2D eigenvalue weighted by molar-refractivity contribution is 5.73. The summed E-state index contributed by atoms with van der Waals surface area (Å²) in [7, 11) is 1.72. The fraction of sp³-hybridized carbons (Fsp3) is 0.417. The van der Waals surface area contributed by atoms with Gasteiger partial charge in [0, 0.05) is 20.1 Å². The number of benzene rings is 1. The van der Waals surface area contributed by atoms with Crippen molar-refractivity contribution in [2.45, 2.75) is 19.9 Å². The number of rotatable bonds is 4. The summed E-state index contributed by atoms with van der Waals surface area (Å²) in [6.45, 7) is 3.16. The number of carbonyl (C=O) groups excluding carboxylic acids is 1. The first-order valence-electron chi connectivity index (χ1n) is 5.37. The zero-order chi connectivity index (χ0) is 12.0. The van der Waals surface area contributed by atoms with E-state index in [2.05, 4.69) is 5.32 Å². The minimum atomic E-state index is -0.262. The molecule has 2 amide bonds. The molecule has 16 heavy (non-hydrogen) atoms. The molecule has 0 bridgehead atoms. The molecule has 0 aromatic heterocycles. The van der Waals surface area contributed by atoms with Gasteiger partial charge in [-0.3, -0.25) is 0 Å². The lowest BCUT2D eigenvalue weighted by Crippen LogP contribution is -2.37. The molecule has 1 N–H and O–H groups in total. The summed E-state index contributed by atoms with van der Waals surface area (Å²) in [5.41, 5.74) is 0.913. The summed E-state index contributed by atoms with van der Waals surface area (Å²) >= 11 is 0. The summed E-state index contributed by atoms with van der Waals surface area (Å²) in [6.07, 6.45) is 0.913. The van der Waals surface area contributed by atoms with E-state index in [0.717, 1.165) is 12.0 Å². The number of carbonyl (C=O) groups is 1. The van der Waals surface area contributed by atoms with Crippen LogP contribution in [0.15, 0.2) is 24.3 Å². The smallest absolute Gasteiger partial charge is 0.317 e. The molecule has 0 spiro atoms. The van der Waals surface area contributed by atoms with Crippen LogP contribution in [0.4, 0.5) is 9.18 Å². The quantitative estimate of drug-likeness (QED) is 0.836. The van der Waals surface area contributed by atoms with Crippen LogP contribution in [0.5, 0.6) is 0 Å². The molecule has 0 fully saturated rings. The van der Waals surface area contributed by atoms with E-state index in [0.29, 0.717) is 13.1 Å². The zero-order valence-corrected chi connectivity index (χ0v) is 9.66. The van der Waals surface area contributed by atoms with Gasteiger partial charge in [-0.05, 0) is 24.1 Å². The van der Waals surface area contributed by atoms with Crippen LogP contribution in [-0.2, 0) is 6.54 Å². The lowest BCUT2D eigenvalue weighted by molar-refractivity contribution is 0.207. The number of amides is 2. The summed E-state index contributed by atoms with van der Waals surface area (Å²) in [6, 6.07) is 6.05. The zero-order valence-electron chi connectivity index (χ0n) is 9.66. The highest BCUT2D eigenvalue weighted by atomic mass is 19.1. The Labute approximate surface area is 95.3 Å². The average molecular weight is 224 g/mol. The number of hydrogen-bond acceptors (Lipinski definition) is 1. The van der Waals surface area contributed by atoms with Gasteiger partial charge in [0.1, 0.15) is 5.82 Å². The Hall–Kier alpha value is -1.58. The first-order valence-corrected chi connectivity index (χ1v) is 5.37. The Kier molecular flexibility index (Phi) is 4.76. The van der Waals surface area contributed by atoms with E-state index in [9.17, 15) is 9.18 Å². The standard InChI is InChI=1S/C12H17FN2O/c1-3-8-14-12(16)15(2)9-10-4-6-11(13)7-5-10/h4-7H,3,8-9H2,1-2H3,(H,14,16). The Morgan fingerprint density at radius 2 is 2.00 bits per heavy atom. The van der Waals surface area contributed by atoms with Crippen LogP contribution >= 0.6 is 0 Å². The molecule has 0 aliphatic carbocycles. The maximum Gasteiger partial charge on any atom is 0.317 e. The molecule has 0 unspecified atom stereocenters. The van der Waals surface area contributed by atoms with E-state index in [1.807, 2.05) is 6.92 Å². The monoisotopic (exact) mass is 224 g/mol. The maximum atomic E-state index is 12.7. The van der Waals surface area contributed by atoms with Crippen LogP contribution in [0.3, 0.4) is 0 Å². The lowest BCUT2D eigenvalue weighted by Gasteiger charge is -2.17. The first-order chi connectivity index (χ1) is 7.63. The molecule has 1 aromatic rings. The van der Waals surface area contributed by atoms with Crippen molar-refractivity contribution in [3.63, 3.8) is 0 Å². The Bertz CT molecular complexity index is 337. The second-order valence-electron chi connectivity index (χ2n) is 3.71. The van der Waals surface area contributed by atoms with Gasteiger partial charge in [-0.15, -0.1) is 0 Å². The van der Waals surface area contributed by atoms with Gasteiger partial charge >= 0.3 is 6.03 Å². The van der Waals surface area contributed by atoms with Gasteiger partial charge in [-0.2, -0.15) is 0 Å². The third kappa shape index (κ3) is 3.88. The van der Waals surface area contributed by atoms with Crippen LogP contribution in [0.2, 0.25) is 0 Å². The van der Waals surface area contributed by atoms with Gasteiger partial charge in [0.2, 0.25) is 0 Å². The second kappa shape index (κ2) is 6.10. The number of nitrogens with one attached hydrogen (secondary N) is 1. The first kappa shape index (κ1) is 12.5. The summed E-state index contributed by atoms with van der Waals surface area (Å²) in [5, 5.41) is 2.78. The minimum Gasteiger partial charge on any atom is -0.338 e. The lowest BCUT2D eigenvalue weighted by atomic mass is 10.2. The topological polar surface area (TPSA) is 32.3 Å². The van der Waals surface area contributed by atoms with Gasteiger partial charge in [0.25, 0.3) is 0 Å². The Morgan fingerprint density at radius 1 is 1.38 bits per heavy atom. The van der Waals surface area contributed by atoms with E-state index >= 15 is 0 Å². The van der Waals surface area contributed by atoms with E-state index in [1.54, 1.807) is 24.1 Å². The molecule has 0 saturated carbocycles. The predicted molar refractivity (Wildman–Crippen MR) is 61.6 cm³/mol. The van der Waals surface area contributed by atoms with Gasteiger partial charge in [-0.25, -0.2) is 9.18 Å². The average Bonchev–Trinajstić information content (AvgIpc) is 2.29. The van der Waals surface area contributed by atoms with Crippen molar-refractivity contribution in [2.24, 2.45) is 0 Å². The fourth-order valence-corrected chi connectivity index (χ4v) is 1.30. The van der Waals surface area contributed by atoms with Crippen LogP contribution in [0.1, 0.15) is 18.9 Å². The molecule has 4 heteroatoms. The van der Waals surface area contributed by atoms with Crippen molar-refractivity contribution in [3.05, 3.63) is 35.6 Å². The van der Waals surface area contributed by atoms with Gasteiger partial charge in [0.15, 0.2) is 0 Å². The van der Waals surface area contributed by atoms with Crippen molar-refractivity contribution in [1.29, 1.82) is 0 Å². The second-order valence-corrected chi connectivity index (χ2v) is 3.71. The van der Waals surface area contributed by atoms with E-state index in [4.69, 9.17) is 0 Å². The van der Waals surface area contributed by atoms with Crippen LogP contribution in [0, 0.1) is 5.82 Å². The van der Waals surface area contributed by atoms with Gasteiger partial charge < -0.3 is 10.2 Å². The Morgan fingerprint density at radius 3 is 2.56 bits per heavy atom. The molecule has 0 heterocycles. The number of nitrogens with zero attached hydrogens (tertiary/aromatic N) is 1. The minimum absolute atomic E-state index is 0.105. The number of halogens is 1. The number of urea groups is 1. The highest BCUT2D eigenvalue weighted by Crippen LogP contribution is 2.05. The summed E-state index contributed by atoms with van der Waals surface area (Å²) < 4.78 is 12.7. The van der Waals surface area contributed by atoms with Crippen LogP contribution < -0.4 is 5.32 Å². The van der Waals surface area contributed by atoms with Gasteiger partial charge in [0.05, 0.1) is 0 Å². The molecule has 1 aromatic carbocycles. The summed E-state index contributed by atoms with van der Waals surface area (Å²) in [4.78, 5) is 13.1. The molecule has 0 aliphatic rings.